The van der Waals surface area contributed by atoms with Crippen LogP contribution in [0.5, 0.6) is 0 Å². The van der Waals surface area contributed by atoms with E-state index in [0.29, 0.717) is 22.9 Å². The summed E-state index contributed by atoms with van der Waals surface area (Å²) in [5.74, 6) is -0.160. The zero-order valence-corrected chi connectivity index (χ0v) is 17.4. The Hall–Kier alpha value is -3.16. The molecule has 1 aliphatic rings. The van der Waals surface area contributed by atoms with Crippen LogP contribution in [0, 0.1) is 0 Å². The Morgan fingerprint density at radius 1 is 0.933 bits per heavy atom. The molecule has 154 valence electrons. The van der Waals surface area contributed by atoms with Crippen LogP contribution in [0.25, 0.3) is 10.4 Å². The van der Waals surface area contributed by atoms with Crippen LogP contribution in [0.4, 0.5) is 16.2 Å². The first-order chi connectivity index (χ1) is 14.6. The van der Waals surface area contributed by atoms with E-state index in [-0.39, 0.29) is 12.5 Å². The standard InChI is InChI=1S/C23H22N2O4S/c1-28-11-12-29-23(27)25-18-7-4-6-17(14-18)24-22(26)20-13-16-10-9-15-5-2-3-8-19(15)21(16)30-20/h2-8,13-14H,9-12H2,1H3,(H,24,26)(H,25,27). The Balaban J connectivity index is 1.44. The first kappa shape index (κ1) is 20.1. The van der Waals surface area contributed by atoms with E-state index in [0.717, 1.165) is 12.8 Å². The minimum Gasteiger partial charge on any atom is -0.447 e. The van der Waals surface area contributed by atoms with Crippen LogP contribution in [0.1, 0.15) is 20.8 Å². The van der Waals surface area contributed by atoms with Crippen LogP contribution >= 0.6 is 11.3 Å². The van der Waals surface area contributed by atoms with Crippen LogP contribution in [-0.2, 0) is 22.3 Å². The molecule has 2 aromatic carbocycles. The lowest BCUT2D eigenvalue weighted by atomic mass is 9.91. The highest BCUT2D eigenvalue weighted by Gasteiger charge is 2.21. The molecule has 3 aromatic rings. The first-order valence-corrected chi connectivity index (χ1v) is 10.5. The smallest absolute Gasteiger partial charge is 0.411 e. The van der Waals surface area contributed by atoms with Gasteiger partial charge in [-0.1, -0.05) is 30.3 Å². The van der Waals surface area contributed by atoms with E-state index < -0.39 is 6.09 Å². The second-order valence-electron chi connectivity index (χ2n) is 6.91. The SMILES string of the molecule is COCCOC(=O)Nc1cccc(NC(=O)c2cc3c(s2)-c2ccccc2CC3)c1. The molecule has 0 atom stereocenters. The monoisotopic (exact) mass is 422 g/mol. The van der Waals surface area contributed by atoms with Crippen molar-refractivity contribution < 1.29 is 19.1 Å². The molecule has 0 bridgehead atoms. The summed E-state index contributed by atoms with van der Waals surface area (Å²) in [4.78, 5) is 26.5. The molecular weight excluding hydrogens is 400 g/mol. The Labute approximate surface area is 178 Å². The maximum Gasteiger partial charge on any atom is 0.411 e. The van der Waals surface area contributed by atoms with E-state index in [4.69, 9.17) is 9.47 Å². The summed E-state index contributed by atoms with van der Waals surface area (Å²) in [7, 11) is 1.54. The van der Waals surface area contributed by atoms with Gasteiger partial charge in [-0.15, -0.1) is 11.3 Å². The van der Waals surface area contributed by atoms with Gasteiger partial charge in [-0.2, -0.15) is 0 Å². The van der Waals surface area contributed by atoms with Gasteiger partial charge in [-0.25, -0.2) is 4.79 Å². The highest BCUT2D eigenvalue weighted by Crippen LogP contribution is 2.39. The van der Waals surface area contributed by atoms with Gasteiger partial charge in [0.25, 0.3) is 5.91 Å². The average molecular weight is 423 g/mol. The van der Waals surface area contributed by atoms with Crippen LogP contribution < -0.4 is 10.6 Å². The van der Waals surface area contributed by atoms with E-state index in [1.165, 1.54) is 40.0 Å². The largest absolute Gasteiger partial charge is 0.447 e. The zero-order chi connectivity index (χ0) is 20.9. The Morgan fingerprint density at radius 3 is 2.53 bits per heavy atom. The van der Waals surface area contributed by atoms with E-state index in [2.05, 4.69) is 28.8 Å². The van der Waals surface area contributed by atoms with Crippen molar-refractivity contribution in [1.82, 2.24) is 0 Å². The second-order valence-corrected chi connectivity index (χ2v) is 7.96. The highest BCUT2D eigenvalue weighted by atomic mass is 32.1. The number of rotatable bonds is 6. The number of amides is 2. The van der Waals surface area contributed by atoms with Crippen LogP contribution in [-0.4, -0.2) is 32.3 Å². The summed E-state index contributed by atoms with van der Waals surface area (Å²) in [5, 5.41) is 5.56. The molecule has 2 N–H and O–H groups in total. The van der Waals surface area contributed by atoms with E-state index in [1.807, 2.05) is 12.1 Å². The Morgan fingerprint density at radius 2 is 1.70 bits per heavy atom. The summed E-state index contributed by atoms with van der Waals surface area (Å²) in [5.41, 5.74) is 4.91. The molecular formula is C23H22N2O4S. The third-order valence-electron chi connectivity index (χ3n) is 4.85. The molecule has 0 fully saturated rings. The number of benzene rings is 2. The number of methoxy groups -OCH3 is 1. The normalized spacial score (nSPS) is 11.9. The van der Waals surface area contributed by atoms with Gasteiger partial charge in [0.05, 0.1) is 11.5 Å². The van der Waals surface area contributed by atoms with Gasteiger partial charge in [-0.05, 0) is 53.8 Å². The van der Waals surface area contributed by atoms with Crippen LogP contribution in [0.3, 0.4) is 0 Å². The number of hydrogen-bond acceptors (Lipinski definition) is 5. The number of carbonyl (C=O) groups is 2. The topological polar surface area (TPSA) is 76.7 Å². The number of anilines is 2. The molecule has 4 rings (SSSR count). The fourth-order valence-corrected chi connectivity index (χ4v) is 4.59. The van der Waals surface area contributed by atoms with Crippen molar-refractivity contribution in [3.05, 3.63) is 70.6 Å². The van der Waals surface area contributed by atoms with Crippen molar-refractivity contribution in [2.24, 2.45) is 0 Å². The summed E-state index contributed by atoms with van der Waals surface area (Å²) in [6.45, 7) is 0.504. The molecule has 0 spiro atoms. The molecule has 0 unspecified atom stereocenters. The molecule has 0 saturated carbocycles. The van der Waals surface area contributed by atoms with E-state index >= 15 is 0 Å². The van der Waals surface area contributed by atoms with E-state index in [9.17, 15) is 9.59 Å². The lowest BCUT2D eigenvalue weighted by Crippen LogP contribution is -2.16. The molecule has 0 saturated heterocycles. The van der Waals surface area contributed by atoms with Crippen molar-refractivity contribution in [1.29, 1.82) is 0 Å². The Bertz CT molecular complexity index is 1080. The summed E-state index contributed by atoms with van der Waals surface area (Å²) in [6.07, 6.45) is 1.37. The maximum absolute atomic E-state index is 12.8. The van der Waals surface area contributed by atoms with Crippen molar-refractivity contribution in [3.63, 3.8) is 0 Å². The molecule has 30 heavy (non-hydrogen) atoms. The molecule has 1 heterocycles. The molecule has 1 aromatic heterocycles. The zero-order valence-electron chi connectivity index (χ0n) is 16.6. The van der Waals surface area contributed by atoms with Crippen molar-refractivity contribution >= 4 is 34.7 Å². The molecule has 1 aliphatic carbocycles. The maximum atomic E-state index is 12.8. The first-order valence-electron chi connectivity index (χ1n) is 9.69. The minimum atomic E-state index is -0.569. The van der Waals surface area contributed by atoms with Crippen LogP contribution in [0.2, 0.25) is 0 Å². The van der Waals surface area contributed by atoms with Crippen molar-refractivity contribution in [2.75, 3.05) is 31.0 Å². The quantitative estimate of drug-likeness (QED) is 0.551. The third-order valence-corrected chi connectivity index (χ3v) is 6.06. The van der Waals surface area contributed by atoms with Gasteiger partial charge in [0.2, 0.25) is 0 Å². The number of aryl methyl sites for hydroxylation is 2. The fraction of sp³-hybridized carbons (Fsp3) is 0.217. The molecule has 0 radical (unpaired) electrons. The van der Waals surface area contributed by atoms with Crippen molar-refractivity contribution in [2.45, 2.75) is 12.8 Å². The lowest BCUT2D eigenvalue weighted by Gasteiger charge is -2.15. The molecule has 0 aliphatic heterocycles. The molecule has 7 heteroatoms. The highest BCUT2D eigenvalue weighted by molar-refractivity contribution is 7.17. The van der Waals surface area contributed by atoms with Gasteiger partial charge < -0.3 is 14.8 Å². The molecule has 6 nitrogen and oxygen atoms in total. The number of carbonyl (C=O) groups excluding carboxylic acids is 2. The summed E-state index contributed by atoms with van der Waals surface area (Å²) in [6, 6.07) is 17.3. The minimum absolute atomic E-state index is 0.160. The number of nitrogens with one attached hydrogen (secondary N) is 2. The van der Waals surface area contributed by atoms with E-state index in [1.54, 1.807) is 24.3 Å². The predicted octanol–water partition coefficient (Wildman–Crippen LogP) is 4.96. The summed E-state index contributed by atoms with van der Waals surface area (Å²) < 4.78 is 9.84. The molecule has 2 amide bonds. The van der Waals surface area contributed by atoms with Gasteiger partial charge in [0.1, 0.15) is 6.61 Å². The third kappa shape index (κ3) is 4.53. The van der Waals surface area contributed by atoms with Gasteiger partial charge in [-0.3, -0.25) is 10.1 Å². The number of ether oxygens (including phenoxy) is 2. The van der Waals surface area contributed by atoms with Gasteiger partial charge in [0.15, 0.2) is 0 Å². The number of fused-ring (bicyclic) bond motifs is 3. The van der Waals surface area contributed by atoms with Crippen molar-refractivity contribution in [3.8, 4) is 10.4 Å². The van der Waals surface area contributed by atoms with Gasteiger partial charge in [0, 0.05) is 23.4 Å². The fourth-order valence-electron chi connectivity index (χ4n) is 3.42. The second kappa shape index (κ2) is 9.11. The number of thiophene rings is 1. The number of hydrogen-bond donors (Lipinski definition) is 2. The van der Waals surface area contributed by atoms with Crippen LogP contribution in [0.15, 0.2) is 54.6 Å². The summed E-state index contributed by atoms with van der Waals surface area (Å²) >= 11 is 1.52. The average Bonchev–Trinajstić information content (AvgIpc) is 3.19. The predicted molar refractivity (Wildman–Crippen MR) is 118 cm³/mol. The Kier molecular flexibility index (Phi) is 6.11. The van der Waals surface area contributed by atoms with Gasteiger partial charge >= 0.3 is 6.09 Å². The lowest BCUT2D eigenvalue weighted by molar-refractivity contribution is 0.103.